The molecular formula is C20H33ClN4. The van der Waals surface area contributed by atoms with Gasteiger partial charge in [-0.2, -0.15) is 0 Å². The van der Waals surface area contributed by atoms with Crippen LogP contribution in [0.15, 0.2) is 54.4 Å². The fourth-order valence-electron chi connectivity index (χ4n) is 2.25. The Bertz CT molecular complexity index is 567. The summed E-state index contributed by atoms with van der Waals surface area (Å²) in [7, 11) is 4.19. The first-order valence-electron chi connectivity index (χ1n) is 8.63. The lowest BCUT2D eigenvalue weighted by molar-refractivity contribution is 0.260. The zero-order valence-electron chi connectivity index (χ0n) is 16.3. The maximum absolute atomic E-state index is 5.98. The molecule has 5 heteroatoms. The standard InChI is InChI=1S/C18H27ClN4.C2H6/c1-5-6-17(20)11-15(2)13-22(3)9-10-23(4)14-18-12-16(19)7-8-21-18;1-2/h5-8,11-12H,1,9-10,13-14,20H2,2-4H3;1-2H3/b15-11+,17-6+;. The second kappa shape index (κ2) is 13.6. The second-order valence-electron chi connectivity index (χ2n) is 5.83. The smallest absolute Gasteiger partial charge is 0.0558 e. The van der Waals surface area contributed by atoms with Gasteiger partial charge in [0.25, 0.3) is 0 Å². The third kappa shape index (κ3) is 11.5. The number of nitrogens with zero attached hydrogens (tertiary/aromatic N) is 3. The number of likely N-dealkylation sites (N-methyl/N-ethyl adjacent to an activating group) is 2. The van der Waals surface area contributed by atoms with E-state index in [0.717, 1.165) is 42.6 Å². The van der Waals surface area contributed by atoms with E-state index in [1.54, 1.807) is 24.4 Å². The fourth-order valence-corrected chi connectivity index (χ4v) is 2.43. The van der Waals surface area contributed by atoms with Gasteiger partial charge < -0.3 is 10.6 Å². The first kappa shape index (κ1) is 23.4. The van der Waals surface area contributed by atoms with Gasteiger partial charge in [-0.15, -0.1) is 0 Å². The molecule has 140 valence electrons. The number of hydrogen-bond acceptors (Lipinski definition) is 4. The maximum Gasteiger partial charge on any atom is 0.0558 e. The molecule has 1 aromatic rings. The van der Waals surface area contributed by atoms with Gasteiger partial charge in [0, 0.05) is 43.1 Å². The third-order valence-electron chi connectivity index (χ3n) is 3.32. The largest absolute Gasteiger partial charge is 0.399 e. The molecule has 25 heavy (non-hydrogen) atoms. The number of hydrogen-bond donors (Lipinski definition) is 1. The molecule has 0 spiro atoms. The molecule has 0 aliphatic heterocycles. The number of pyridine rings is 1. The monoisotopic (exact) mass is 364 g/mol. The molecule has 1 aromatic heterocycles. The van der Waals surface area contributed by atoms with E-state index in [1.165, 1.54) is 5.57 Å². The Kier molecular flexibility index (Phi) is 12.8. The lowest BCUT2D eigenvalue weighted by Gasteiger charge is -2.22. The van der Waals surface area contributed by atoms with E-state index in [2.05, 4.69) is 42.4 Å². The Hall–Kier alpha value is -1.62. The molecule has 0 radical (unpaired) electrons. The fraction of sp³-hybridized carbons (Fsp3) is 0.450. The Morgan fingerprint density at radius 3 is 2.52 bits per heavy atom. The van der Waals surface area contributed by atoms with E-state index >= 15 is 0 Å². The first-order chi connectivity index (χ1) is 11.9. The third-order valence-corrected chi connectivity index (χ3v) is 3.55. The molecule has 2 N–H and O–H groups in total. The Morgan fingerprint density at radius 1 is 1.28 bits per heavy atom. The van der Waals surface area contributed by atoms with E-state index in [9.17, 15) is 0 Å². The van der Waals surface area contributed by atoms with Crippen molar-refractivity contribution in [2.45, 2.75) is 27.3 Å². The molecule has 0 saturated heterocycles. The van der Waals surface area contributed by atoms with Gasteiger partial charge in [-0.1, -0.05) is 43.7 Å². The summed E-state index contributed by atoms with van der Waals surface area (Å²) in [6.07, 6.45) is 7.22. The summed E-state index contributed by atoms with van der Waals surface area (Å²) >= 11 is 5.98. The number of aromatic nitrogens is 1. The molecule has 0 bridgehead atoms. The van der Waals surface area contributed by atoms with Crippen LogP contribution in [0.5, 0.6) is 0 Å². The normalized spacial score (nSPS) is 12.2. The van der Waals surface area contributed by atoms with Gasteiger partial charge in [-0.25, -0.2) is 0 Å². The minimum absolute atomic E-state index is 0.728. The lowest BCUT2D eigenvalue weighted by atomic mass is 10.2. The zero-order chi connectivity index (χ0) is 19.2. The summed E-state index contributed by atoms with van der Waals surface area (Å²) in [6, 6.07) is 3.70. The summed E-state index contributed by atoms with van der Waals surface area (Å²) in [4.78, 5) is 8.84. The van der Waals surface area contributed by atoms with Crippen molar-refractivity contribution >= 4 is 11.6 Å². The van der Waals surface area contributed by atoms with Crippen LogP contribution >= 0.6 is 11.6 Å². The summed E-state index contributed by atoms with van der Waals surface area (Å²) in [5, 5.41) is 0.728. The Balaban J connectivity index is 0.00000277. The molecule has 4 nitrogen and oxygen atoms in total. The van der Waals surface area contributed by atoms with E-state index in [1.807, 2.05) is 26.0 Å². The molecule has 0 unspecified atom stereocenters. The van der Waals surface area contributed by atoms with Crippen LogP contribution in [-0.4, -0.2) is 48.5 Å². The van der Waals surface area contributed by atoms with Crippen LogP contribution in [0.3, 0.4) is 0 Å². The number of rotatable bonds is 9. The highest BCUT2D eigenvalue weighted by Crippen LogP contribution is 2.09. The van der Waals surface area contributed by atoms with Crippen LogP contribution in [0.1, 0.15) is 26.5 Å². The highest BCUT2D eigenvalue weighted by Gasteiger charge is 2.05. The van der Waals surface area contributed by atoms with Crippen molar-refractivity contribution in [1.82, 2.24) is 14.8 Å². The highest BCUT2D eigenvalue weighted by atomic mass is 35.5. The molecule has 0 amide bonds. The van der Waals surface area contributed by atoms with Crippen molar-refractivity contribution in [3.05, 3.63) is 65.1 Å². The van der Waals surface area contributed by atoms with Gasteiger partial charge in [0.15, 0.2) is 0 Å². The predicted octanol–water partition coefficient (Wildman–Crippen LogP) is 4.10. The lowest BCUT2D eigenvalue weighted by Crippen LogP contribution is -2.31. The van der Waals surface area contributed by atoms with Crippen LogP contribution in [0.4, 0.5) is 0 Å². The number of allylic oxidation sites excluding steroid dienone is 3. The van der Waals surface area contributed by atoms with Crippen molar-refractivity contribution in [2.75, 3.05) is 33.7 Å². The first-order valence-corrected chi connectivity index (χ1v) is 9.01. The van der Waals surface area contributed by atoms with Crippen LogP contribution in [0.25, 0.3) is 0 Å². The zero-order valence-corrected chi connectivity index (χ0v) is 17.1. The average molecular weight is 365 g/mol. The molecule has 0 aromatic carbocycles. The van der Waals surface area contributed by atoms with Gasteiger partial charge in [0.05, 0.1) is 5.69 Å². The van der Waals surface area contributed by atoms with E-state index < -0.39 is 0 Å². The molecule has 0 saturated carbocycles. The van der Waals surface area contributed by atoms with Crippen molar-refractivity contribution < 1.29 is 0 Å². The van der Waals surface area contributed by atoms with Gasteiger partial charge in [-0.05, 0) is 45.3 Å². The molecule has 0 fully saturated rings. The number of nitrogens with two attached hydrogens (primary N) is 1. The van der Waals surface area contributed by atoms with E-state index in [4.69, 9.17) is 17.3 Å². The van der Waals surface area contributed by atoms with Crippen molar-refractivity contribution in [2.24, 2.45) is 5.73 Å². The minimum atomic E-state index is 0.728. The van der Waals surface area contributed by atoms with Gasteiger partial charge in [0.1, 0.15) is 0 Å². The summed E-state index contributed by atoms with van der Waals surface area (Å²) in [5.41, 5.74) is 8.79. The van der Waals surface area contributed by atoms with E-state index in [0.29, 0.717) is 0 Å². The van der Waals surface area contributed by atoms with Gasteiger partial charge in [-0.3, -0.25) is 9.88 Å². The van der Waals surface area contributed by atoms with Crippen LogP contribution in [0, 0.1) is 0 Å². The molecule has 1 rings (SSSR count). The van der Waals surface area contributed by atoms with Gasteiger partial charge in [0.2, 0.25) is 0 Å². The maximum atomic E-state index is 5.98. The number of halogens is 1. The summed E-state index contributed by atoms with van der Waals surface area (Å²) in [5.74, 6) is 0. The molecule has 0 aliphatic rings. The summed E-state index contributed by atoms with van der Waals surface area (Å²) < 4.78 is 0. The van der Waals surface area contributed by atoms with Crippen molar-refractivity contribution in [1.29, 1.82) is 0 Å². The average Bonchev–Trinajstić information content (AvgIpc) is 2.55. The minimum Gasteiger partial charge on any atom is -0.399 e. The Morgan fingerprint density at radius 2 is 1.92 bits per heavy atom. The molecule has 1 heterocycles. The molecular weight excluding hydrogens is 332 g/mol. The quantitative estimate of drug-likeness (QED) is 0.670. The summed E-state index contributed by atoms with van der Waals surface area (Å²) in [6.45, 7) is 13.3. The van der Waals surface area contributed by atoms with Crippen LogP contribution in [0.2, 0.25) is 5.02 Å². The second-order valence-corrected chi connectivity index (χ2v) is 6.27. The van der Waals surface area contributed by atoms with Crippen LogP contribution in [-0.2, 0) is 6.54 Å². The van der Waals surface area contributed by atoms with Crippen molar-refractivity contribution in [3.8, 4) is 0 Å². The molecule has 0 atom stereocenters. The van der Waals surface area contributed by atoms with Gasteiger partial charge >= 0.3 is 0 Å². The van der Waals surface area contributed by atoms with E-state index in [-0.39, 0.29) is 0 Å². The highest BCUT2D eigenvalue weighted by molar-refractivity contribution is 6.30. The molecule has 0 aliphatic carbocycles. The predicted molar refractivity (Wildman–Crippen MR) is 111 cm³/mol. The topological polar surface area (TPSA) is 45.4 Å². The van der Waals surface area contributed by atoms with Crippen LogP contribution < -0.4 is 5.73 Å². The Labute approximate surface area is 158 Å². The van der Waals surface area contributed by atoms with Crippen molar-refractivity contribution in [3.63, 3.8) is 0 Å². The SMILES string of the molecule is C=C/C=C(N)\C=C(/C)CN(C)CCN(C)Cc1cc(Cl)ccn1.CC.